The second kappa shape index (κ2) is 17.5. The Bertz CT molecular complexity index is 1110. The lowest BCUT2D eigenvalue weighted by Crippen LogP contribution is -2.08. The van der Waals surface area contributed by atoms with Gasteiger partial charge in [0, 0.05) is 0 Å². The maximum absolute atomic E-state index is 11.6. The van der Waals surface area contributed by atoms with Crippen LogP contribution in [0.4, 0.5) is 0 Å². The normalized spacial score (nSPS) is 10.5. The molecule has 0 saturated carbocycles. The lowest BCUT2D eigenvalue weighted by atomic mass is 10.1. The summed E-state index contributed by atoms with van der Waals surface area (Å²) in [6.07, 6.45) is 6.93. The van der Waals surface area contributed by atoms with E-state index in [1.54, 1.807) is 0 Å². The van der Waals surface area contributed by atoms with Crippen molar-refractivity contribution in [2.75, 3.05) is 6.61 Å². The number of allylic oxidation sites excluding steroid dienone is 3. The molecule has 3 rings (SSSR count). The van der Waals surface area contributed by atoms with Crippen molar-refractivity contribution >= 4 is 11.9 Å². The molecule has 4 heteroatoms. The van der Waals surface area contributed by atoms with Gasteiger partial charge < -0.3 is 9.47 Å². The monoisotopic (exact) mass is 498 g/mol. The highest BCUT2D eigenvalue weighted by Crippen LogP contribution is 2.07. The zero-order valence-corrected chi connectivity index (χ0v) is 22.2. The SMILES string of the molecule is CC(C)=CCC/C(C)=C/COC(=O)Cc1ccccc1.O=C(Cc1ccccc1)OCc1ccccc1. The minimum atomic E-state index is -0.194. The highest BCUT2D eigenvalue weighted by molar-refractivity contribution is 5.73. The summed E-state index contributed by atoms with van der Waals surface area (Å²) in [6.45, 7) is 6.98. The van der Waals surface area contributed by atoms with E-state index in [0.29, 0.717) is 26.1 Å². The Morgan fingerprint density at radius 1 is 0.622 bits per heavy atom. The van der Waals surface area contributed by atoms with Crippen molar-refractivity contribution in [2.24, 2.45) is 0 Å². The van der Waals surface area contributed by atoms with Crippen LogP contribution < -0.4 is 0 Å². The minimum Gasteiger partial charge on any atom is -0.461 e. The van der Waals surface area contributed by atoms with Gasteiger partial charge in [0.2, 0.25) is 0 Å². The van der Waals surface area contributed by atoms with E-state index in [2.05, 4.69) is 26.8 Å². The van der Waals surface area contributed by atoms with E-state index in [1.165, 1.54) is 11.1 Å². The maximum atomic E-state index is 11.6. The van der Waals surface area contributed by atoms with Crippen LogP contribution in [-0.2, 0) is 38.5 Å². The molecule has 3 aromatic carbocycles. The van der Waals surface area contributed by atoms with Gasteiger partial charge in [-0.3, -0.25) is 9.59 Å². The van der Waals surface area contributed by atoms with Crippen LogP contribution in [-0.4, -0.2) is 18.5 Å². The molecule has 0 atom stereocenters. The number of hydrogen-bond acceptors (Lipinski definition) is 4. The number of carbonyl (C=O) groups excluding carboxylic acids is 2. The van der Waals surface area contributed by atoms with Gasteiger partial charge in [-0.25, -0.2) is 0 Å². The van der Waals surface area contributed by atoms with Gasteiger partial charge in [0.1, 0.15) is 13.2 Å². The maximum Gasteiger partial charge on any atom is 0.310 e. The molecule has 4 nitrogen and oxygen atoms in total. The summed E-state index contributed by atoms with van der Waals surface area (Å²) in [7, 11) is 0. The number of carbonyl (C=O) groups is 2. The van der Waals surface area contributed by atoms with Gasteiger partial charge >= 0.3 is 11.9 Å². The van der Waals surface area contributed by atoms with Crippen LogP contribution in [0.2, 0.25) is 0 Å². The van der Waals surface area contributed by atoms with Gasteiger partial charge in [0.05, 0.1) is 12.8 Å². The fourth-order valence-electron chi connectivity index (χ4n) is 3.33. The van der Waals surface area contributed by atoms with E-state index < -0.39 is 0 Å². The fraction of sp³-hybridized carbons (Fsp3) is 0.273. The Balaban J connectivity index is 0.000000263. The first-order valence-corrected chi connectivity index (χ1v) is 12.6. The largest absolute Gasteiger partial charge is 0.461 e. The molecule has 0 aliphatic carbocycles. The van der Waals surface area contributed by atoms with Gasteiger partial charge in [-0.2, -0.15) is 0 Å². The van der Waals surface area contributed by atoms with Crippen LogP contribution in [0.3, 0.4) is 0 Å². The third kappa shape index (κ3) is 14.3. The van der Waals surface area contributed by atoms with Gasteiger partial charge in [0.25, 0.3) is 0 Å². The average molecular weight is 499 g/mol. The van der Waals surface area contributed by atoms with Crippen LogP contribution in [0.25, 0.3) is 0 Å². The summed E-state index contributed by atoms with van der Waals surface area (Å²) >= 11 is 0. The Morgan fingerprint density at radius 2 is 1.08 bits per heavy atom. The van der Waals surface area contributed by atoms with Crippen LogP contribution in [0.5, 0.6) is 0 Å². The summed E-state index contributed by atoms with van der Waals surface area (Å²) < 4.78 is 10.4. The Kier molecular flexibility index (Phi) is 13.9. The van der Waals surface area contributed by atoms with Crippen molar-refractivity contribution < 1.29 is 19.1 Å². The molecule has 0 saturated heterocycles. The Hall–Kier alpha value is -3.92. The first-order valence-electron chi connectivity index (χ1n) is 12.6. The molecule has 0 aliphatic heterocycles. The quantitative estimate of drug-likeness (QED) is 0.204. The smallest absolute Gasteiger partial charge is 0.310 e. The summed E-state index contributed by atoms with van der Waals surface area (Å²) in [5.41, 5.74) is 5.57. The van der Waals surface area contributed by atoms with Gasteiger partial charge in [-0.15, -0.1) is 0 Å². The van der Waals surface area contributed by atoms with Crippen LogP contribution in [0.15, 0.2) is 114 Å². The Labute approximate surface area is 221 Å². The topological polar surface area (TPSA) is 52.6 Å². The molecule has 3 aromatic rings. The summed E-state index contributed by atoms with van der Waals surface area (Å²) in [5.74, 6) is -0.371. The first kappa shape index (κ1) is 29.3. The highest BCUT2D eigenvalue weighted by Gasteiger charge is 2.05. The van der Waals surface area contributed by atoms with Crippen LogP contribution in [0.1, 0.15) is 50.3 Å². The number of benzene rings is 3. The average Bonchev–Trinajstić information content (AvgIpc) is 2.89. The fourth-order valence-corrected chi connectivity index (χ4v) is 3.33. The first-order chi connectivity index (χ1) is 17.9. The molecule has 194 valence electrons. The third-order valence-electron chi connectivity index (χ3n) is 5.39. The van der Waals surface area contributed by atoms with E-state index >= 15 is 0 Å². The van der Waals surface area contributed by atoms with Gasteiger partial charge in [-0.1, -0.05) is 108 Å². The number of hydrogen-bond donors (Lipinski definition) is 0. The van der Waals surface area contributed by atoms with E-state index in [0.717, 1.165) is 29.5 Å². The molecule has 0 spiro atoms. The zero-order chi connectivity index (χ0) is 26.7. The molecule has 37 heavy (non-hydrogen) atoms. The van der Waals surface area contributed by atoms with Crippen molar-refractivity contribution in [2.45, 2.75) is 53.1 Å². The van der Waals surface area contributed by atoms with Crippen molar-refractivity contribution in [1.29, 1.82) is 0 Å². The molecule has 0 aromatic heterocycles. The zero-order valence-electron chi connectivity index (χ0n) is 22.2. The molecular weight excluding hydrogens is 460 g/mol. The number of esters is 2. The third-order valence-corrected chi connectivity index (χ3v) is 5.39. The van der Waals surface area contributed by atoms with E-state index in [4.69, 9.17) is 9.47 Å². The predicted molar refractivity (Wildman–Crippen MR) is 150 cm³/mol. The van der Waals surface area contributed by atoms with Gasteiger partial charge in [-0.05, 0) is 56.4 Å². The van der Waals surface area contributed by atoms with Crippen molar-refractivity contribution in [1.82, 2.24) is 0 Å². The number of ether oxygens (including phenoxy) is 2. The summed E-state index contributed by atoms with van der Waals surface area (Å²) in [5, 5.41) is 0. The molecule has 0 bridgehead atoms. The molecule has 0 heterocycles. The predicted octanol–water partition coefficient (Wildman–Crippen LogP) is 7.44. The standard InChI is InChI=1S/C18H24O2.C15H14O2/c1-15(2)8-7-9-16(3)12-13-20-18(19)14-17-10-5-4-6-11-17;16-15(11-13-7-3-1-4-8-13)17-12-14-9-5-2-6-10-14/h4-6,8,10-12H,7,9,13-14H2,1-3H3;1-10H,11-12H2/b16-12+;. The Morgan fingerprint density at radius 3 is 1.57 bits per heavy atom. The lowest BCUT2D eigenvalue weighted by Gasteiger charge is -2.04. The molecule has 0 unspecified atom stereocenters. The molecule has 0 aliphatic rings. The van der Waals surface area contributed by atoms with E-state index in [9.17, 15) is 9.59 Å². The molecule has 0 fully saturated rings. The second-order valence-corrected chi connectivity index (χ2v) is 9.02. The van der Waals surface area contributed by atoms with Crippen LogP contribution in [0, 0.1) is 0 Å². The van der Waals surface area contributed by atoms with Crippen LogP contribution >= 0.6 is 0 Å². The van der Waals surface area contributed by atoms with Crippen molar-refractivity contribution in [3.63, 3.8) is 0 Å². The number of rotatable bonds is 11. The van der Waals surface area contributed by atoms with Crippen molar-refractivity contribution in [3.8, 4) is 0 Å². The van der Waals surface area contributed by atoms with Gasteiger partial charge in [0.15, 0.2) is 0 Å². The molecular formula is C33H38O4. The highest BCUT2D eigenvalue weighted by atomic mass is 16.5. The molecule has 0 N–H and O–H groups in total. The molecule has 0 radical (unpaired) electrons. The lowest BCUT2D eigenvalue weighted by molar-refractivity contribution is -0.144. The summed E-state index contributed by atoms with van der Waals surface area (Å²) in [6, 6.07) is 28.9. The van der Waals surface area contributed by atoms with Crippen molar-refractivity contribution in [3.05, 3.63) is 131 Å². The second-order valence-electron chi connectivity index (χ2n) is 9.02. The van der Waals surface area contributed by atoms with E-state index in [1.807, 2.05) is 97.1 Å². The molecule has 0 amide bonds. The van der Waals surface area contributed by atoms with E-state index in [-0.39, 0.29) is 11.9 Å². The summed E-state index contributed by atoms with van der Waals surface area (Å²) in [4.78, 5) is 23.2. The minimum absolute atomic E-state index is 0.176.